The second kappa shape index (κ2) is 3.07. The summed E-state index contributed by atoms with van der Waals surface area (Å²) < 4.78 is 0. The van der Waals surface area contributed by atoms with E-state index in [9.17, 15) is 5.11 Å². The van der Waals surface area contributed by atoms with Gasteiger partial charge in [-0.15, -0.1) is 0 Å². The highest BCUT2D eigenvalue weighted by atomic mass is 16.3. The number of rotatable bonds is 1. The first-order chi connectivity index (χ1) is 5.29. The van der Waals surface area contributed by atoms with Crippen molar-refractivity contribution < 1.29 is 5.11 Å². The van der Waals surface area contributed by atoms with E-state index in [-0.39, 0.29) is 5.75 Å². The first-order valence-corrected chi connectivity index (χ1v) is 3.50. The molecule has 0 unspecified atom stereocenters. The van der Waals surface area contributed by atoms with Gasteiger partial charge in [0.2, 0.25) is 0 Å². The first-order valence-electron chi connectivity index (χ1n) is 3.50. The van der Waals surface area contributed by atoms with E-state index in [0.717, 1.165) is 12.0 Å². The summed E-state index contributed by atoms with van der Waals surface area (Å²) in [6, 6.07) is 7.12. The molecule has 1 N–H and O–H groups in total. The minimum atomic E-state index is 0.123. The second-order valence-corrected chi connectivity index (χ2v) is 2.28. The third-order valence-corrected chi connectivity index (χ3v) is 1.62. The van der Waals surface area contributed by atoms with Crippen LogP contribution in [0.1, 0.15) is 18.1 Å². The Labute approximate surface area is 65.7 Å². The fraction of sp³-hybridized carbons (Fsp3) is 0.222. The van der Waals surface area contributed by atoms with Crippen LogP contribution in [0.3, 0.4) is 0 Å². The van der Waals surface area contributed by atoms with Gasteiger partial charge in [0.05, 0.1) is 5.56 Å². The van der Waals surface area contributed by atoms with Gasteiger partial charge in [-0.05, 0) is 18.1 Å². The molecule has 2 heteroatoms. The van der Waals surface area contributed by atoms with Crippen LogP contribution >= 0.6 is 0 Å². The summed E-state index contributed by atoms with van der Waals surface area (Å²) in [4.78, 5) is 0. The van der Waals surface area contributed by atoms with Crippen LogP contribution in [-0.2, 0) is 6.42 Å². The lowest BCUT2D eigenvalue weighted by molar-refractivity contribution is 0.467. The molecule has 0 aliphatic carbocycles. The van der Waals surface area contributed by atoms with E-state index in [1.165, 1.54) is 0 Å². The Hall–Kier alpha value is -1.49. The van der Waals surface area contributed by atoms with Gasteiger partial charge in [-0.1, -0.05) is 19.1 Å². The van der Waals surface area contributed by atoms with Gasteiger partial charge in [-0.3, -0.25) is 0 Å². The Morgan fingerprint density at radius 3 is 2.82 bits per heavy atom. The molecule has 0 saturated carbocycles. The standard InChI is InChI=1S/C9H9NO/c1-2-7-4-3-5-8(6-10)9(7)11/h3-5,11H,2H2,1H3. The summed E-state index contributed by atoms with van der Waals surface area (Å²) in [5.41, 5.74) is 1.17. The molecule has 0 spiro atoms. The summed E-state index contributed by atoms with van der Waals surface area (Å²) in [7, 11) is 0. The highest BCUT2D eigenvalue weighted by Crippen LogP contribution is 2.21. The molecule has 0 radical (unpaired) electrons. The Morgan fingerprint density at radius 2 is 2.27 bits per heavy atom. The molecule has 0 bridgehead atoms. The lowest BCUT2D eigenvalue weighted by atomic mass is 10.1. The number of phenolic OH excluding ortho intramolecular Hbond substituents is 1. The van der Waals surface area contributed by atoms with Crippen LogP contribution in [-0.4, -0.2) is 5.11 Å². The van der Waals surface area contributed by atoms with Crippen molar-refractivity contribution in [1.29, 1.82) is 5.26 Å². The van der Waals surface area contributed by atoms with Crippen molar-refractivity contribution in [2.75, 3.05) is 0 Å². The molecule has 0 aliphatic rings. The number of aromatic hydroxyl groups is 1. The molecule has 11 heavy (non-hydrogen) atoms. The van der Waals surface area contributed by atoms with Crippen LogP contribution in [0, 0.1) is 11.3 Å². The molecule has 0 amide bonds. The highest BCUT2D eigenvalue weighted by molar-refractivity contribution is 5.47. The van der Waals surface area contributed by atoms with Gasteiger partial charge in [0.25, 0.3) is 0 Å². The van der Waals surface area contributed by atoms with E-state index in [2.05, 4.69) is 0 Å². The number of hydrogen-bond acceptors (Lipinski definition) is 2. The van der Waals surface area contributed by atoms with Gasteiger partial charge in [0.1, 0.15) is 11.8 Å². The quantitative estimate of drug-likeness (QED) is 0.658. The molecule has 1 rings (SSSR count). The average molecular weight is 147 g/mol. The van der Waals surface area contributed by atoms with Crippen molar-refractivity contribution in [2.45, 2.75) is 13.3 Å². The highest BCUT2D eigenvalue weighted by Gasteiger charge is 2.02. The lowest BCUT2D eigenvalue weighted by Crippen LogP contribution is -1.84. The monoisotopic (exact) mass is 147 g/mol. The van der Waals surface area contributed by atoms with Gasteiger partial charge in [-0.25, -0.2) is 0 Å². The average Bonchev–Trinajstić information content (AvgIpc) is 2.05. The van der Waals surface area contributed by atoms with Crippen LogP contribution in [0.25, 0.3) is 0 Å². The summed E-state index contributed by atoms with van der Waals surface area (Å²) in [5.74, 6) is 0.123. The molecule has 0 heterocycles. The largest absolute Gasteiger partial charge is 0.506 e. The van der Waals surface area contributed by atoms with Gasteiger partial charge >= 0.3 is 0 Å². The number of benzene rings is 1. The van der Waals surface area contributed by atoms with E-state index >= 15 is 0 Å². The van der Waals surface area contributed by atoms with E-state index < -0.39 is 0 Å². The summed E-state index contributed by atoms with van der Waals surface area (Å²) in [6.07, 6.45) is 0.751. The zero-order chi connectivity index (χ0) is 8.27. The van der Waals surface area contributed by atoms with Crippen LogP contribution in [0.5, 0.6) is 5.75 Å². The van der Waals surface area contributed by atoms with Crippen LogP contribution in [0.2, 0.25) is 0 Å². The molecule has 2 nitrogen and oxygen atoms in total. The normalized spacial score (nSPS) is 9.09. The molecule has 1 aromatic carbocycles. The van der Waals surface area contributed by atoms with E-state index in [0.29, 0.717) is 5.56 Å². The zero-order valence-corrected chi connectivity index (χ0v) is 6.33. The van der Waals surface area contributed by atoms with Crippen molar-refractivity contribution in [3.05, 3.63) is 29.3 Å². The predicted octanol–water partition coefficient (Wildman–Crippen LogP) is 1.83. The Balaban J connectivity index is 3.23. The lowest BCUT2D eigenvalue weighted by Gasteiger charge is -2.00. The molecular weight excluding hydrogens is 138 g/mol. The fourth-order valence-corrected chi connectivity index (χ4v) is 0.967. The molecule has 0 atom stereocenters. The fourth-order valence-electron chi connectivity index (χ4n) is 0.967. The topological polar surface area (TPSA) is 44.0 Å². The summed E-state index contributed by atoms with van der Waals surface area (Å²) in [6.45, 7) is 1.94. The van der Waals surface area contributed by atoms with E-state index in [4.69, 9.17) is 5.26 Å². The van der Waals surface area contributed by atoms with Gasteiger partial charge in [-0.2, -0.15) is 5.26 Å². The second-order valence-electron chi connectivity index (χ2n) is 2.28. The maximum absolute atomic E-state index is 9.37. The maximum atomic E-state index is 9.37. The van der Waals surface area contributed by atoms with Crippen LogP contribution in [0.4, 0.5) is 0 Å². The Bertz CT molecular complexity index is 299. The van der Waals surface area contributed by atoms with E-state index in [1.807, 2.05) is 19.1 Å². The smallest absolute Gasteiger partial charge is 0.136 e. The van der Waals surface area contributed by atoms with Crippen molar-refractivity contribution in [2.24, 2.45) is 0 Å². The minimum Gasteiger partial charge on any atom is -0.506 e. The van der Waals surface area contributed by atoms with Gasteiger partial charge in [0, 0.05) is 0 Å². The predicted molar refractivity (Wildman–Crippen MR) is 42.2 cm³/mol. The molecule has 0 saturated heterocycles. The summed E-state index contributed by atoms with van der Waals surface area (Å²) in [5, 5.41) is 17.9. The van der Waals surface area contributed by atoms with Crippen LogP contribution in [0.15, 0.2) is 18.2 Å². The van der Waals surface area contributed by atoms with Crippen molar-refractivity contribution in [3.8, 4) is 11.8 Å². The number of phenols is 1. The SMILES string of the molecule is CCc1cccc(C#N)c1O. The molecule has 56 valence electrons. The number of nitriles is 1. The first kappa shape index (κ1) is 7.62. The van der Waals surface area contributed by atoms with Gasteiger partial charge in [0.15, 0.2) is 0 Å². The molecule has 0 aliphatic heterocycles. The number of nitrogens with zero attached hydrogens (tertiary/aromatic N) is 1. The third-order valence-electron chi connectivity index (χ3n) is 1.62. The number of para-hydroxylation sites is 1. The van der Waals surface area contributed by atoms with E-state index in [1.54, 1.807) is 12.1 Å². The molecule has 0 aromatic heterocycles. The number of aryl methyl sites for hydroxylation is 1. The molecular formula is C9H9NO. The van der Waals surface area contributed by atoms with Crippen molar-refractivity contribution in [1.82, 2.24) is 0 Å². The molecule has 0 fully saturated rings. The van der Waals surface area contributed by atoms with Crippen LogP contribution < -0.4 is 0 Å². The maximum Gasteiger partial charge on any atom is 0.136 e. The van der Waals surface area contributed by atoms with Crippen molar-refractivity contribution in [3.63, 3.8) is 0 Å². The molecule has 1 aromatic rings. The number of hydrogen-bond donors (Lipinski definition) is 1. The van der Waals surface area contributed by atoms with Gasteiger partial charge < -0.3 is 5.11 Å². The Kier molecular flexibility index (Phi) is 2.12. The third kappa shape index (κ3) is 1.32. The minimum absolute atomic E-state index is 0.123. The zero-order valence-electron chi connectivity index (χ0n) is 6.33. The Morgan fingerprint density at radius 1 is 1.55 bits per heavy atom. The summed E-state index contributed by atoms with van der Waals surface area (Å²) >= 11 is 0. The van der Waals surface area contributed by atoms with Crippen molar-refractivity contribution >= 4 is 0 Å².